The second-order valence-electron chi connectivity index (χ2n) is 2.06. The molecular formula is C8H16O5. The van der Waals surface area contributed by atoms with Crippen LogP contribution in [0.2, 0.25) is 0 Å². The van der Waals surface area contributed by atoms with Crippen molar-refractivity contribution in [1.82, 2.24) is 0 Å². The summed E-state index contributed by atoms with van der Waals surface area (Å²) in [6.07, 6.45) is 0.0938. The van der Waals surface area contributed by atoms with E-state index in [1.807, 2.05) is 0 Å². The SMILES string of the molecule is CCOC(C)=O.COCCC(=O)O. The van der Waals surface area contributed by atoms with Gasteiger partial charge in [-0.3, -0.25) is 9.59 Å². The number of carbonyl (C=O) groups is 2. The van der Waals surface area contributed by atoms with Gasteiger partial charge in [-0.05, 0) is 6.92 Å². The van der Waals surface area contributed by atoms with Crippen LogP contribution >= 0.6 is 0 Å². The lowest BCUT2D eigenvalue weighted by atomic mass is 10.5. The number of rotatable bonds is 4. The molecule has 13 heavy (non-hydrogen) atoms. The molecule has 0 heterocycles. The first-order valence-corrected chi connectivity index (χ1v) is 3.88. The van der Waals surface area contributed by atoms with Gasteiger partial charge in [0.15, 0.2) is 0 Å². The zero-order chi connectivity index (χ0) is 10.7. The number of carboxylic acid groups (broad SMARTS) is 1. The first-order chi connectivity index (χ1) is 6.04. The number of carbonyl (C=O) groups excluding carboxylic acids is 1. The maximum absolute atomic E-state index is 9.82. The van der Waals surface area contributed by atoms with Gasteiger partial charge in [-0.25, -0.2) is 0 Å². The maximum atomic E-state index is 9.82. The Morgan fingerprint density at radius 1 is 1.38 bits per heavy atom. The smallest absolute Gasteiger partial charge is 0.305 e. The summed E-state index contributed by atoms with van der Waals surface area (Å²) in [5.74, 6) is -1.03. The van der Waals surface area contributed by atoms with Crippen LogP contribution in [0.25, 0.3) is 0 Å². The molecule has 5 heteroatoms. The zero-order valence-electron chi connectivity index (χ0n) is 8.20. The fourth-order valence-electron chi connectivity index (χ4n) is 0.393. The lowest BCUT2D eigenvalue weighted by Gasteiger charge is -1.89. The summed E-state index contributed by atoms with van der Waals surface area (Å²) in [5, 5.41) is 7.96. The van der Waals surface area contributed by atoms with Gasteiger partial charge in [0.05, 0.1) is 19.6 Å². The van der Waals surface area contributed by atoms with Gasteiger partial charge in [0.25, 0.3) is 0 Å². The zero-order valence-corrected chi connectivity index (χ0v) is 8.20. The molecule has 0 unspecified atom stereocenters. The summed E-state index contributed by atoms with van der Waals surface area (Å²) in [6.45, 7) is 3.95. The Kier molecular flexibility index (Phi) is 12.1. The van der Waals surface area contributed by atoms with E-state index >= 15 is 0 Å². The quantitative estimate of drug-likeness (QED) is 0.663. The van der Waals surface area contributed by atoms with Crippen molar-refractivity contribution in [3.05, 3.63) is 0 Å². The van der Waals surface area contributed by atoms with Gasteiger partial charge in [0, 0.05) is 14.0 Å². The van der Waals surface area contributed by atoms with Crippen LogP contribution in [0.15, 0.2) is 0 Å². The van der Waals surface area contributed by atoms with E-state index in [4.69, 9.17) is 5.11 Å². The van der Waals surface area contributed by atoms with Crippen LogP contribution in [-0.4, -0.2) is 37.4 Å². The number of hydrogen-bond donors (Lipinski definition) is 1. The topological polar surface area (TPSA) is 72.8 Å². The van der Waals surface area contributed by atoms with E-state index in [1.165, 1.54) is 14.0 Å². The minimum atomic E-state index is -0.818. The number of aliphatic carboxylic acids is 1. The molecule has 0 rings (SSSR count). The molecule has 0 aliphatic rings. The number of methoxy groups -OCH3 is 1. The summed E-state index contributed by atoms with van der Waals surface area (Å²) in [7, 11) is 1.48. The Balaban J connectivity index is 0. The number of hydrogen-bond acceptors (Lipinski definition) is 4. The van der Waals surface area contributed by atoms with Gasteiger partial charge in [0.1, 0.15) is 0 Å². The van der Waals surface area contributed by atoms with Gasteiger partial charge in [-0.1, -0.05) is 0 Å². The highest BCUT2D eigenvalue weighted by molar-refractivity contribution is 5.66. The Morgan fingerprint density at radius 2 is 1.92 bits per heavy atom. The van der Waals surface area contributed by atoms with E-state index < -0.39 is 5.97 Å². The Hall–Kier alpha value is -1.10. The predicted octanol–water partition coefficient (Wildman–Crippen LogP) is 0.677. The van der Waals surface area contributed by atoms with Crippen molar-refractivity contribution in [2.24, 2.45) is 0 Å². The van der Waals surface area contributed by atoms with Gasteiger partial charge in [-0.2, -0.15) is 0 Å². The minimum absolute atomic E-state index is 0.0938. The molecule has 0 aromatic rings. The van der Waals surface area contributed by atoms with Crippen molar-refractivity contribution in [3.63, 3.8) is 0 Å². The van der Waals surface area contributed by atoms with Crippen LogP contribution in [0.4, 0.5) is 0 Å². The maximum Gasteiger partial charge on any atom is 0.305 e. The lowest BCUT2D eigenvalue weighted by Crippen LogP contribution is -1.99. The molecule has 0 aliphatic carbocycles. The standard InChI is InChI=1S/C4H8O3.C4H8O2/c1-7-3-2-4(5)6;1-3-6-4(2)5/h2-3H2,1H3,(H,5,6);3H2,1-2H3. The van der Waals surface area contributed by atoms with Crippen molar-refractivity contribution in [2.45, 2.75) is 20.3 Å². The molecule has 0 amide bonds. The monoisotopic (exact) mass is 192 g/mol. The molecule has 5 nitrogen and oxygen atoms in total. The fraction of sp³-hybridized carbons (Fsp3) is 0.750. The third kappa shape index (κ3) is 24.8. The average molecular weight is 192 g/mol. The largest absolute Gasteiger partial charge is 0.481 e. The molecule has 0 aromatic carbocycles. The summed E-state index contributed by atoms with van der Waals surface area (Å²) < 4.78 is 8.87. The summed E-state index contributed by atoms with van der Waals surface area (Å²) in [4.78, 5) is 19.5. The number of ether oxygens (including phenoxy) is 2. The summed E-state index contributed by atoms with van der Waals surface area (Å²) in [6, 6.07) is 0. The number of esters is 1. The van der Waals surface area contributed by atoms with Crippen molar-refractivity contribution in [3.8, 4) is 0 Å². The third-order valence-corrected chi connectivity index (χ3v) is 0.868. The van der Waals surface area contributed by atoms with Crippen molar-refractivity contribution < 1.29 is 24.2 Å². The van der Waals surface area contributed by atoms with E-state index in [0.717, 1.165) is 0 Å². The molecule has 0 aromatic heterocycles. The average Bonchev–Trinajstić information content (AvgIpc) is 2.01. The molecule has 0 atom stereocenters. The van der Waals surface area contributed by atoms with E-state index in [0.29, 0.717) is 13.2 Å². The Bertz CT molecular complexity index is 143. The van der Waals surface area contributed by atoms with E-state index in [9.17, 15) is 9.59 Å². The van der Waals surface area contributed by atoms with Crippen LogP contribution in [0.5, 0.6) is 0 Å². The normalized spacial score (nSPS) is 8.23. The molecule has 0 fully saturated rings. The molecule has 0 spiro atoms. The van der Waals surface area contributed by atoms with Gasteiger partial charge >= 0.3 is 11.9 Å². The van der Waals surface area contributed by atoms with Crippen LogP contribution in [-0.2, 0) is 19.1 Å². The molecule has 78 valence electrons. The van der Waals surface area contributed by atoms with E-state index in [1.54, 1.807) is 6.92 Å². The van der Waals surface area contributed by atoms with E-state index in [2.05, 4.69) is 9.47 Å². The molecular weight excluding hydrogens is 176 g/mol. The second-order valence-corrected chi connectivity index (χ2v) is 2.06. The van der Waals surface area contributed by atoms with Crippen LogP contribution in [0, 0.1) is 0 Å². The first kappa shape index (κ1) is 14.4. The molecule has 0 bridgehead atoms. The van der Waals surface area contributed by atoms with Gasteiger partial charge in [-0.15, -0.1) is 0 Å². The second kappa shape index (κ2) is 10.9. The molecule has 0 saturated carbocycles. The highest BCUT2D eigenvalue weighted by Crippen LogP contribution is 1.76. The highest BCUT2D eigenvalue weighted by Gasteiger charge is 1.91. The fourth-order valence-corrected chi connectivity index (χ4v) is 0.393. The van der Waals surface area contributed by atoms with Gasteiger partial charge in [0.2, 0.25) is 0 Å². The van der Waals surface area contributed by atoms with Crippen molar-refractivity contribution >= 4 is 11.9 Å². The van der Waals surface area contributed by atoms with Crippen LogP contribution in [0.1, 0.15) is 20.3 Å². The minimum Gasteiger partial charge on any atom is -0.481 e. The van der Waals surface area contributed by atoms with Crippen molar-refractivity contribution in [1.29, 1.82) is 0 Å². The van der Waals surface area contributed by atoms with Crippen LogP contribution < -0.4 is 0 Å². The molecule has 0 saturated heterocycles. The Morgan fingerprint density at radius 3 is 2.00 bits per heavy atom. The van der Waals surface area contributed by atoms with Crippen LogP contribution in [0.3, 0.4) is 0 Å². The van der Waals surface area contributed by atoms with E-state index in [-0.39, 0.29) is 12.4 Å². The van der Waals surface area contributed by atoms with Gasteiger partial charge < -0.3 is 14.6 Å². The molecule has 1 N–H and O–H groups in total. The lowest BCUT2D eigenvalue weighted by molar-refractivity contribution is -0.140. The van der Waals surface area contributed by atoms with Crippen molar-refractivity contribution in [2.75, 3.05) is 20.3 Å². The predicted molar refractivity (Wildman–Crippen MR) is 46.4 cm³/mol. The summed E-state index contributed by atoms with van der Waals surface area (Å²) >= 11 is 0. The number of carboxylic acids is 1. The first-order valence-electron chi connectivity index (χ1n) is 3.88. The molecule has 0 aliphatic heterocycles. The highest BCUT2D eigenvalue weighted by atomic mass is 16.5. The molecule has 0 radical (unpaired) electrons. The summed E-state index contributed by atoms with van der Waals surface area (Å²) in [5.41, 5.74) is 0. The Labute approximate surface area is 77.6 Å². The third-order valence-electron chi connectivity index (χ3n) is 0.868.